The molecule has 0 unspecified atom stereocenters. The third kappa shape index (κ3) is 15.6. The van der Waals surface area contributed by atoms with Crippen LogP contribution >= 0.6 is 0 Å². The molecule has 20 rings (SSSR count). The molecular formula is C118H116N4+4. The average molecular weight is 1600 g/mol. The molecule has 4 aromatic heterocycles. The largest absolute Gasteiger partial charge is 0.212 e. The van der Waals surface area contributed by atoms with Crippen molar-refractivity contribution in [2.45, 2.75) is 141 Å². The summed E-state index contributed by atoms with van der Waals surface area (Å²) in [5.74, 6) is -1.68. The van der Waals surface area contributed by atoms with E-state index in [0.29, 0.717) is 11.1 Å². The summed E-state index contributed by atoms with van der Waals surface area (Å²) in [5, 5.41) is 0. The highest BCUT2D eigenvalue weighted by Gasteiger charge is 2.34. The molecule has 4 aliphatic rings. The van der Waals surface area contributed by atoms with Gasteiger partial charge in [-0.15, -0.1) is 0 Å². The molecule has 0 aliphatic heterocycles. The Hall–Kier alpha value is -12.8. The molecule has 0 saturated carbocycles. The van der Waals surface area contributed by atoms with E-state index in [2.05, 4.69) is 306 Å². The first-order valence-electron chi connectivity index (χ1n) is 47.9. The Morgan fingerprint density at radius 2 is 0.615 bits per heavy atom. The van der Waals surface area contributed by atoms with Gasteiger partial charge in [0.15, 0.2) is 24.8 Å². The van der Waals surface area contributed by atoms with Gasteiger partial charge in [0, 0.05) is 83.5 Å². The van der Waals surface area contributed by atoms with Crippen molar-refractivity contribution in [3.05, 3.63) is 404 Å². The highest BCUT2D eigenvalue weighted by Crippen LogP contribution is 2.53. The number of pyridine rings is 4. The predicted molar refractivity (Wildman–Crippen MR) is 511 cm³/mol. The van der Waals surface area contributed by atoms with Crippen LogP contribution in [-0.2, 0) is 60.2 Å². The van der Waals surface area contributed by atoms with E-state index in [0.717, 1.165) is 81.8 Å². The first kappa shape index (κ1) is 70.0. The fraction of sp³-hybridized carbons (Fsp3) is 0.220. The summed E-state index contributed by atoms with van der Waals surface area (Å²) in [6, 6.07) is 98.5. The quantitative estimate of drug-likeness (QED) is 0.115. The molecule has 0 spiro atoms. The molecule has 0 saturated heterocycles. The zero-order chi connectivity index (χ0) is 93.7. The number of rotatable bonds is 11. The van der Waals surface area contributed by atoms with Gasteiger partial charge in [-0.1, -0.05) is 267 Å². The first-order valence-corrected chi connectivity index (χ1v) is 42.9. The van der Waals surface area contributed by atoms with Gasteiger partial charge in [0.25, 0.3) is 0 Å². The van der Waals surface area contributed by atoms with Crippen molar-refractivity contribution in [3.63, 3.8) is 0 Å². The van der Waals surface area contributed by atoms with E-state index in [4.69, 9.17) is 13.7 Å². The summed E-state index contributed by atoms with van der Waals surface area (Å²) >= 11 is 0. The first-order chi connectivity index (χ1) is 62.7. The van der Waals surface area contributed by atoms with Crippen molar-refractivity contribution in [1.29, 1.82) is 0 Å². The number of fused-ring (bicyclic) bond motifs is 12. The lowest BCUT2D eigenvalue weighted by molar-refractivity contribution is -0.660. The molecule has 0 radical (unpaired) electrons. The third-order valence-corrected chi connectivity index (χ3v) is 25.6. The minimum atomic E-state index is -2.28. The van der Waals surface area contributed by atoms with Crippen LogP contribution in [0.2, 0.25) is 0 Å². The van der Waals surface area contributed by atoms with Crippen LogP contribution in [0.25, 0.3) is 134 Å². The van der Waals surface area contributed by atoms with Gasteiger partial charge in [0.1, 0.15) is 28.2 Å². The second kappa shape index (κ2) is 33.7. The van der Waals surface area contributed by atoms with Gasteiger partial charge in [-0.3, -0.25) is 0 Å². The standard InChI is InChI=1S/C31H32N.C30H30N.C29H28N.C28H26N/c1-21-26(29-17-22(15-16-32(29)5)20-31(2,3)4)19-28(23-11-7-6-8-12-23)30-25-14-10-9-13-24(25)18-27(21)30;1-19(2)25-17-29(31(5)18-20(25)3)26-16-28(22-11-7-6-8-12-22)30-24-14-10-9-13-23(24)15-27(30)21(26)4;1-19(2)22-14-15-30(4)28(17-22)25-18-27(21-10-6-5-7-11-21)29-24-13-9-8-12-23(24)16-26(29)20(25)3;1-18-14-27(29(4)17-19(18)2)24-16-26(21-10-6-5-7-11-21)28-23-13-9-8-12-22(23)15-25(28)20(24)3/h6-17,19H,18,20H2,1-5H3;6-14,16-19H,15H2,1-5H3;5-15,17-19H,16H2,1-4H3;5-14,16-17H,15H2,1-4H3/q4*+1/i20D2;3D3,19D;19D;2D3. The van der Waals surface area contributed by atoms with Crippen LogP contribution < -0.4 is 18.3 Å². The Kier molecular flexibility index (Phi) is 19.3. The van der Waals surface area contributed by atoms with Gasteiger partial charge in [-0.2, -0.15) is 0 Å². The maximum Gasteiger partial charge on any atom is 0.212 e. The van der Waals surface area contributed by atoms with Crippen LogP contribution in [0.15, 0.2) is 304 Å². The second-order valence-corrected chi connectivity index (χ2v) is 35.3. The fourth-order valence-electron chi connectivity index (χ4n) is 19.2. The lowest BCUT2D eigenvalue weighted by Gasteiger charge is -2.19. The van der Waals surface area contributed by atoms with Crippen molar-refractivity contribution < 1.29 is 32.0 Å². The number of benzene rings is 12. The average Bonchev–Trinajstić information content (AvgIpc) is 1.52. The molecule has 16 aromatic rings. The lowest BCUT2D eigenvalue weighted by Crippen LogP contribution is -2.32. The Balaban J connectivity index is 0.000000123. The summed E-state index contributed by atoms with van der Waals surface area (Å²) in [6.07, 6.45) is 9.79. The van der Waals surface area contributed by atoms with E-state index in [9.17, 15) is 0 Å². The minimum absolute atomic E-state index is 0.234. The number of aromatic nitrogens is 4. The molecule has 0 amide bonds. The van der Waals surface area contributed by atoms with Crippen molar-refractivity contribution in [3.8, 4) is 134 Å². The molecule has 0 fully saturated rings. The maximum atomic E-state index is 8.85. The van der Waals surface area contributed by atoms with Crippen LogP contribution in [-0.4, -0.2) is 0 Å². The van der Waals surface area contributed by atoms with Crippen molar-refractivity contribution >= 4 is 0 Å². The number of nitrogens with zero attached hydrogens (tertiary/aromatic N) is 4. The topological polar surface area (TPSA) is 15.5 Å². The number of hydrogen-bond acceptors (Lipinski definition) is 0. The SMILES string of the molecule is [2H]C(C)(C)c1cc[n+](C)c(-c2cc(-c3ccccc3)c3c(c2C)Cc2ccccc2-3)c1.[2H]C([2H])([2H])c1c[n+](C)c(-c2cc(-c3ccccc3)c3c(c2C)Cc2ccccc2-3)cc1C.[2H]C([2H])([2H])c1c[n+](C)c(-c2cc(-c3ccccc3)c3c(c2C)Cc2ccccc2-3)cc1C([2H])(C)C.[2H]C([2H])(c1cc[n+](C)c(-c2cc(-c3ccccc3)c3c(c2C)Cc2ccccc2-3)c1)C(C)(C)C. The summed E-state index contributed by atoms with van der Waals surface area (Å²) in [7, 11) is 7.98. The summed E-state index contributed by atoms with van der Waals surface area (Å²) in [5.41, 5.74) is 48.4. The predicted octanol–water partition coefficient (Wildman–Crippen LogP) is 27.7. The second-order valence-electron chi connectivity index (χ2n) is 35.3. The van der Waals surface area contributed by atoms with E-state index < -0.39 is 37.3 Å². The molecule has 122 heavy (non-hydrogen) atoms. The van der Waals surface area contributed by atoms with Crippen molar-refractivity contribution in [1.82, 2.24) is 0 Å². The Labute approximate surface area is 740 Å². The van der Waals surface area contributed by atoms with Crippen molar-refractivity contribution in [2.24, 2.45) is 33.6 Å². The van der Waals surface area contributed by atoms with E-state index in [-0.39, 0.29) is 5.56 Å². The Bertz CT molecular complexity index is 7210. The fourth-order valence-corrected chi connectivity index (χ4v) is 19.2. The van der Waals surface area contributed by atoms with Gasteiger partial charge in [0.05, 0.1) is 0 Å². The number of hydrogen-bond donors (Lipinski definition) is 0. The maximum absolute atomic E-state index is 8.85. The molecule has 4 nitrogen and oxygen atoms in total. The van der Waals surface area contributed by atoms with Crippen LogP contribution in [0.5, 0.6) is 0 Å². The Morgan fingerprint density at radius 1 is 0.311 bits per heavy atom. The van der Waals surface area contributed by atoms with Crippen LogP contribution in [0.1, 0.15) is 174 Å². The highest BCUT2D eigenvalue weighted by atomic mass is 14.9. The summed E-state index contributed by atoms with van der Waals surface area (Å²) in [6.45, 7) is 19.6. The van der Waals surface area contributed by atoms with Crippen LogP contribution in [0.4, 0.5) is 0 Å². The lowest BCUT2D eigenvalue weighted by atomic mass is 9.86. The monoisotopic (exact) mass is 1600 g/mol. The van der Waals surface area contributed by atoms with E-state index >= 15 is 0 Å². The molecule has 4 heterocycles. The molecule has 604 valence electrons. The van der Waals surface area contributed by atoms with Gasteiger partial charge in [-0.05, 0) is 300 Å². The number of aryl methyl sites for hydroxylation is 7. The van der Waals surface area contributed by atoms with Crippen molar-refractivity contribution in [2.75, 3.05) is 0 Å². The summed E-state index contributed by atoms with van der Waals surface area (Å²) < 4.78 is 90.9. The molecule has 12 aromatic carbocycles. The molecule has 0 bridgehead atoms. The molecule has 0 N–H and O–H groups in total. The molecule has 0 atom stereocenters. The zero-order valence-corrected chi connectivity index (χ0v) is 73.5. The van der Waals surface area contributed by atoms with Gasteiger partial charge in [-0.25, -0.2) is 18.3 Å². The van der Waals surface area contributed by atoms with E-state index in [1.807, 2.05) is 101 Å². The van der Waals surface area contributed by atoms with Gasteiger partial charge < -0.3 is 0 Å². The normalized spacial score (nSPS) is 13.9. The van der Waals surface area contributed by atoms with Crippen LogP contribution in [0.3, 0.4) is 0 Å². The zero-order valence-electron chi connectivity index (χ0n) is 83.5. The van der Waals surface area contributed by atoms with Gasteiger partial charge >= 0.3 is 0 Å². The third-order valence-electron chi connectivity index (χ3n) is 25.6. The Morgan fingerprint density at radius 3 is 0.943 bits per heavy atom. The minimum Gasteiger partial charge on any atom is -0.201 e. The molecule has 4 aliphatic carbocycles. The van der Waals surface area contributed by atoms with Crippen LogP contribution in [0, 0.1) is 53.7 Å². The van der Waals surface area contributed by atoms with E-state index in [1.54, 1.807) is 26.2 Å². The molecule has 4 heteroatoms. The smallest absolute Gasteiger partial charge is 0.201 e. The molecular weight excluding hydrogens is 1470 g/mol. The highest BCUT2D eigenvalue weighted by molar-refractivity contribution is 5.99. The van der Waals surface area contributed by atoms with Gasteiger partial charge in [0.2, 0.25) is 22.8 Å². The summed E-state index contributed by atoms with van der Waals surface area (Å²) in [4.78, 5) is 0. The van der Waals surface area contributed by atoms with E-state index in [1.165, 1.54) is 161 Å².